The molecule has 0 radical (unpaired) electrons. The van der Waals surface area contributed by atoms with Gasteiger partial charge in [-0.25, -0.2) is 0 Å². The Morgan fingerprint density at radius 1 is 0.619 bits per heavy atom. The first-order chi connectivity index (χ1) is 9.59. The van der Waals surface area contributed by atoms with E-state index in [1.807, 2.05) is 0 Å². The zero-order valence-corrected chi connectivity index (χ0v) is 15.5. The summed E-state index contributed by atoms with van der Waals surface area (Å²) >= 11 is 3.50. The second-order valence-electron chi connectivity index (χ2n) is 7.77. The van der Waals surface area contributed by atoms with Crippen molar-refractivity contribution in [2.45, 2.75) is 52.4 Å². The lowest BCUT2D eigenvalue weighted by Crippen LogP contribution is -2.21. The molecule has 0 amide bonds. The first kappa shape index (κ1) is 16.3. The molecule has 0 aliphatic carbocycles. The molecule has 2 rings (SSSR count). The first-order valence-corrected chi connectivity index (χ1v) is 8.29. The first-order valence-electron chi connectivity index (χ1n) is 7.50. The molecule has 0 bridgehead atoms. The van der Waals surface area contributed by atoms with E-state index < -0.39 is 0 Å². The zero-order valence-electron chi connectivity index (χ0n) is 13.9. The molecule has 0 saturated carbocycles. The fraction of sp³-hybridized carbons (Fsp3) is 0.400. The molecular weight excluding hydrogens is 320 g/mol. The van der Waals surface area contributed by atoms with Crippen LogP contribution in [0, 0.1) is 0 Å². The monoisotopic (exact) mass is 344 g/mol. The van der Waals surface area contributed by atoms with Crippen molar-refractivity contribution in [3.63, 3.8) is 0 Å². The van der Waals surface area contributed by atoms with Crippen molar-refractivity contribution in [1.82, 2.24) is 0 Å². The van der Waals surface area contributed by atoms with E-state index in [2.05, 4.69) is 99.9 Å². The Labute approximate surface area is 137 Å². The van der Waals surface area contributed by atoms with E-state index in [9.17, 15) is 0 Å². The summed E-state index contributed by atoms with van der Waals surface area (Å²) in [6.07, 6.45) is 0. The minimum absolute atomic E-state index is 0.147. The highest BCUT2D eigenvalue weighted by Crippen LogP contribution is 2.36. The molecule has 2 aromatic carbocycles. The Balaban J connectivity index is 2.60. The molecule has 0 N–H and O–H groups in total. The van der Waals surface area contributed by atoms with Crippen LogP contribution in [0.4, 0.5) is 0 Å². The van der Waals surface area contributed by atoms with E-state index in [-0.39, 0.29) is 10.8 Å². The van der Waals surface area contributed by atoms with Crippen LogP contribution in [0.1, 0.15) is 52.7 Å². The van der Waals surface area contributed by atoms with Gasteiger partial charge in [-0.05, 0) is 45.2 Å². The van der Waals surface area contributed by atoms with Gasteiger partial charge in [0.05, 0.1) is 0 Å². The number of halogens is 1. The SMILES string of the molecule is CC(C)(C)c1ccc(-c2ccc(Br)cc2)cc1C(C)(C)C. The van der Waals surface area contributed by atoms with E-state index in [0.29, 0.717) is 0 Å². The van der Waals surface area contributed by atoms with Crippen LogP contribution in [0.15, 0.2) is 46.9 Å². The van der Waals surface area contributed by atoms with Gasteiger partial charge >= 0.3 is 0 Å². The molecule has 0 nitrogen and oxygen atoms in total. The maximum Gasteiger partial charge on any atom is 0.0175 e. The molecule has 0 heterocycles. The highest BCUT2D eigenvalue weighted by atomic mass is 79.9. The molecule has 112 valence electrons. The maximum atomic E-state index is 3.50. The molecule has 0 unspecified atom stereocenters. The second-order valence-corrected chi connectivity index (χ2v) is 8.68. The Morgan fingerprint density at radius 2 is 1.10 bits per heavy atom. The number of benzene rings is 2. The molecule has 0 atom stereocenters. The average Bonchev–Trinajstić information content (AvgIpc) is 2.37. The average molecular weight is 345 g/mol. The summed E-state index contributed by atoms with van der Waals surface area (Å²) in [6, 6.07) is 15.5. The summed E-state index contributed by atoms with van der Waals surface area (Å²) in [5.74, 6) is 0. The normalized spacial score (nSPS) is 12.5. The smallest absolute Gasteiger partial charge is 0.0175 e. The fourth-order valence-corrected chi connectivity index (χ4v) is 2.91. The molecule has 0 aromatic heterocycles. The van der Waals surface area contributed by atoms with Gasteiger partial charge in [0.25, 0.3) is 0 Å². The van der Waals surface area contributed by atoms with Crippen molar-refractivity contribution in [3.8, 4) is 11.1 Å². The largest absolute Gasteiger partial charge is 0.0576 e. The van der Waals surface area contributed by atoms with Crippen molar-refractivity contribution in [2.75, 3.05) is 0 Å². The Bertz CT molecular complexity index is 622. The van der Waals surface area contributed by atoms with E-state index in [0.717, 1.165) is 4.47 Å². The molecule has 1 heteroatoms. The number of hydrogen-bond donors (Lipinski definition) is 0. The minimum atomic E-state index is 0.147. The third-order valence-corrected chi connectivity index (χ3v) is 4.34. The Morgan fingerprint density at radius 3 is 1.57 bits per heavy atom. The van der Waals surface area contributed by atoms with Crippen LogP contribution in [0.3, 0.4) is 0 Å². The molecule has 0 saturated heterocycles. The quantitative estimate of drug-likeness (QED) is 0.539. The van der Waals surface area contributed by atoms with Gasteiger partial charge in [0.2, 0.25) is 0 Å². The van der Waals surface area contributed by atoms with Gasteiger partial charge in [-0.2, -0.15) is 0 Å². The van der Waals surface area contributed by atoms with Crippen LogP contribution in [-0.2, 0) is 10.8 Å². The summed E-state index contributed by atoms with van der Waals surface area (Å²) in [4.78, 5) is 0. The van der Waals surface area contributed by atoms with Gasteiger partial charge in [-0.3, -0.25) is 0 Å². The third kappa shape index (κ3) is 3.77. The van der Waals surface area contributed by atoms with Crippen molar-refractivity contribution >= 4 is 15.9 Å². The summed E-state index contributed by atoms with van der Waals surface area (Å²) in [5, 5.41) is 0. The van der Waals surface area contributed by atoms with E-state index in [1.165, 1.54) is 22.3 Å². The summed E-state index contributed by atoms with van der Waals surface area (Å²) in [6.45, 7) is 13.7. The molecule has 0 fully saturated rings. The number of rotatable bonds is 1. The van der Waals surface area contributed by atoms with Gasteiger partial charge in [-0.1, -0.05) is 87.8 Å². The van der Waals surface area contributed by atoms with E-state index in [4.69, 9.17) is 0 Å². The van der Waals surface area contributed by atoms with E-state index >= 15 is 0 Å². The van der Waals surface area contributed by atoms with Crippen LogP contribution in [0.2, 0.25) is 0 Å². The van der Waals surface area contributed by atoms with Gasteiger partial charge in [-0.15, -0.1) is 0 Å². The predicted molar refractivity (Wildman–Crippen MR) is 97.0 cm³/mol. The van der Waals surface area contributed by atoms with Crippen molar-refractivity contribution in [1.29, 1.82) is 0 Å². The lowest BCUT2D eigenvalue weighted by molar-refractivity contribution is 0.530. The third-order valence-electron chi connectivity index (χ3n) is 3.81. The van der Waals surface area contributed by atoms with Crippen LogP contribution in [0.25, 0.3) is 11.1 Å². The summed E-state index contributed by atoms with van der Waals surface area (Å²) < 4.78 is 1.12. The molecule has 2 aromatic rings. The lowest BCUT2D eigenvalue weighted by Gasteiger charge is -2.30. The van der Waals surface area contributed by atoms with Crippen LogP contribution >= 0.6 is 15.9 Å². The molecular formula is C20H25Br. The standard InChI is InChI=1S/C20H25Br/c1-19(2,3)17-12-9-15(13-18(17)20(4,5)6)14-7-10-16(21)11-8-14/h7-13H,1-6H3. The highest BCUT2D eigenvalue weighted by molar-refractivity contribution is 9.10. The summed E-state index contributed by atoms with van der Waals surface area (Å²) in [7, 11) is 0. The minimum Gasteiger partial charge on any atom is -0.0576 e. The van der Waals surface area contributed by atoms with Crippen molar-refractivity contribution in [3.05, 3.63) is 58.1 Å². The number of hydrogen-bond acceptors (Lipinski definition) is 0. The van der Waals surface area contributed by atoms with Crippen LogP contribution in [0.5, 0.6) is 0 Å². The van der Waals surface area contributed by atoms with E-state index in [1.54, 1.807) is 0 Å². The second kappa shape index (κ2) is 5.61. The van der Waals surface area contributed by atoms with Crippen LogP contribution in [-0.4, -0.2) is 0 Å². The lowest BCUT2D eigenvalue weighted by atomic mass is 9.74. The van der Waals surface area contributed by atoms with Gasteiger partial charge < -0.3 is 0 Å². The van der Waals surface area contributed by atoms with Crippen molar-refractivity contribution in [2.24, 2.45) is 0 Å². The van der Waals surface area contributed by atoms with Crippen molar-refractivity contribution < 1.29 is 0 Å². The maximum absolute atomic E-state index is 3.50. The predicted octanol–water partition coefficient (Wildman–Crippen LogP) is 6.71. The topological polar surface area (TPSA) is 0 Å². The molecule has 0 spiro atoms. The fourth-order valence-electron chi connectivity index (χ4n) is 2.64. The Kier molecular flexibility index (Phi) is 4.35. The summed E-state index contributed by atoms with van der Waals surface area (Å²) in [5.41, 5.74) is 5.75. The van der Waals surface area contributed by atoms with Gasteiger partial charge in [0.15, 0.2) is 0 Å². The molecule has 0 aliphatic rings. The molecule has 0 aliphatic heterocycles. The van der Waals surface area contributed by atoms with Crippen LogP contribution < -0.4 is 0 Å². The van der Waals surface area contributed by atoms with Gasteiger partial charge in [0.1, 0.15) is 0 Å². The molecule has 21 heavy (non-hydrogen) atoms. The highest BCUT2D eigenvalue weighted by Gasteiger charge is 2.25. The zero-order chi connectivity index (χ0) is 15.8. The Hall–Kier alpha value is -1.08. The van der Waals surface area contributed by atoms with Gasteiger partial charge in [0, 0.05) is 4.47 Å².